The number of para-hydroxylation sites is 1. The van der Waals surface area contributed by atoms with E-state index in [1.807, 2.05) is 30.0 Å². The van der Waals surface area contributed by atoms with Gasteiger partial charge in [-0.1, -0.05) is 57.2 Å². The molecule has 3 rings (SSSR count). The van der Waals surface area contributed by atoms with Gasteiger partial charge in [-0.3, -0.25) is 4.79 Å². The van der Waals surface area contributed by atoms with E-state index in [1.54, 1.807) is 0 Å². The van der Waals surface area contributed by atoms with Crippen molar-refractivity contribution >= 4 is 11.6 Å². The molecule has 1 saturated carbocycles. The second kappa shape index (κ2) is 10.1. The van der Waals surface area contributed by atoms with E-state index < -0.39 is 0 Å². The van der Waals surface area contributed by atoms with Gasteiger partial charge in [-0.05, 0) is 56.3 Å². The van der Waals surface area contributed by atoms with Crippen molar-refractivity contribution in [3.05, 3.63) is 30.3 Å². The quantitative estimate of drug-likeness (QED) is 0.677. The molecule has 0 N–H and O–H groups in total. The lowest BCUT2D eigenvalue weighted by atomic mass is 9.86. The van der Waals surface area contributed by atoms with E-state index in [2.05, 4.69) is 17.0 Å². The van der Waals surface area contributed by atoms with Crippen LogP contribution in [0.5, 0.6) is 0 Å². The molecule has 1 aromatic carbocycles. The molecule has 2 aliphatic rings. The number of hydrogen-bond acceptors (Lipinski definition) is 2. The Balaban J connectivity index is 1.53. The number of rotatable bonds is 7. The fraction of sp³-hybridized carbons (Fsp3) is 0.696. The highest BCUT2D eigenvalue weighted by Crippen LogP contribution is 2.28. The van der Waals surface area contributed by atoms with Crippen molar-refractivity contribution in [2.75, 3.05) is 31.1 Å². The maximum Gasteiger partial charge on any atom is 0.226 e. The standard InChI is InChI=1S/C23H36N2O/c1-2-23(26)25(22-13-7-4-8-14-22)19-21-12-9-16-24(18-21)17-15-20-10-5-3-6-11-20/h4,7-8,13-14,20-21H,2-3,5-6,9-12,15-19H2,1H3/t21-/m1/s1. The number of likely N-dealkylation sites (tertiary alicyclic amines) is 1. The summed E-state index contributed by atoms with van der Waals surface area (Å²) in [5.41, 5.74) is 1.05. The van der Waals surface area contributed by atoms with E-state index in [0.29, 0.717) is 12.3 Å². The van der Waals surface area contributed by atoms with Crippen molar-refractivity contribution < 1.29 is 4.79 Å². The van der Waals surface area contributed by atoms with Gasteiger partial charge in [0.25, 0.3) is 0 Å². The van der Waals surface area contributed by atoms with Crippen LogP contribution >= 0.6 is 0 Å². The number of nitrogens with zero attached hydrogens (tertiary/aromatic N) is 2. The summed E-state index contributed by atoms with van der Waals surface area (Å²) < 4.78 is 0. The minimum atomic E-state index is 0.246. The van der Waals surface area contributed by atoms with E-state index in [1.165, 1.54) is 64.5 Å². The number of carbonyl (C=O) groups is 1. The van der Waals surface area contributed by atoms with Crippen LogP contribution in [0.4, 0.5) is 5.69 Å². The van der Waals surface area contributed by atoms with Gasteiger partial charge in [-0.2, -0.15) is 0 Å². The van der Waals surface area contributed by atoms with Crippen LogP contribution in [0.3, 0.4) is 0 Å². The first kappa shape index (κ1) is 19.4. The lowest BCUT2D eigenvalue weighted by Crippen LogP contribution is -2.43. The average molecular weight is 357 g/mol. The molecule has 1 aliphatic carbocycles. The topological polar surface area (TPSA) is 23.6 Å². The van der Waals surface area contributed by atoms with Gasteiger partial charge in [-0.25, -0.2) is 0 Å². The van der Waals surface area contributed by atoms with Gasteiger partial charge in [0.15, 0.2) is 0 Å². The van der Waals surface area contributed by atoms with Crippen molar-refractivity contribution in [2.45, 2.75) is 64.7 Å². The van der Waals surface area contributed by atoms with Crippen LogP contribution in [0, 0.1) is 11.8 Å². The Kier molecular flexibility index (Phi) is 7.55. The highest BCUT2D eigenvalue weighted by Gasteiger charge is 2.25. The maximum absolute atomic E-state index is 12.5. The minimum Gasteiger partial charge on any atom is -0.312 e. The number of hydrogen-bond donors (Lipinski definition) is 0. The van der Waals surface area contributed by atoms with E-state index >= 15 is 0 Å². The molecule has 1 atom stereocenters. The normalized spacial score (nSPS) is 22.3. The van der Waals surface area contributed by atoms with Gasteiger partial charge in [0.1, 0.15) is 0 Å². The molecule has 3 heteroatoms. The monoisotopic (exact) mass is 356 g/mol. The molecule has 1 amide bonds. The zero-order valence-corrected chi connectivity index (χ0v) is 16.5. The fourth-order valence-corrected chi connectivity index (χ4v) is 4.75. The maximum atomic E-state index is 12.5. The third kappa shape index (κ3) is 5.57. The first-order chi connectivity index (χ1) is 12.8. The summed E-state index contributed by atoms with van der Waals surface area (Å²) in [5, 5.41) is 0. The Morgan fingerprint density at radius 1 is 1.04 bits per heavy atom. The predicted octanol–water partition coefficient (Wildman–Crippen LogP) is 5.11. The molecule has 0 aromatic heterocycles. The highest BCUT2D eigenvalue weighted by atomic mass is 16.2. The molecule has 1 heterocycles. The zero-order chi connectivity index (χ0) is 18.2. The molecular formula is C23H36N2O. The molecule has 2 fully saturated rings. The van der Waals surface area contributed by atoms with Gasteiger partial charge in [0.05, 0.1) is 0 Å². The second-order valence-corrected chi connectivity index (χ2v) is 8.30. The summed E-state index contributed by atoms with van der Waals surface area (Å²) in [4.78, 5) is 17.2. The first-order valence-electron chi connectivity index (χ1n) is 10.8. The summed E-state index contributed by atoms with van der Waals surface area (Å²) in [5.74, 6) is 1.81. The van der Waals surface area contributed by atoms with Crippen molar-refractivity contribution in [3.63, 3.8) is 0 Å². The molecular weight excluding hydrogens is 320 g/mol. The lowest BCUT2D eigenvalue weighted by molar-refractivity contribution is -0.118. The zero-order valence-electron chi connectivity index (χ0n) is 16.5. The third-order valence-corrected chi connectivity index (χ3v) is 6.29. The Bertz CT molecular complexity index is 538. The summed E-state index contributed by atoms with van der Waals surface area (Å²) in [6.07, 6.45) is 11.7. The Labute approximate surface area is 159 Å². The van der Waals surface area contributed by atoms with Crippen LogP contribution in [0.1, 0.15) is 64.7 Å². The lowest BCUT2D eigenvalue weighted by Gasteiger charge is -2.36. The van der Waals surface area contributed by atoms with Crippen LogP contribution in [-0.2, 0) is 4.79 Å². The molecule has 26 heavy (non-hydrogen) atoms. The van der Waals surface area contributed by atoms with Crippen molar-refractivity contribution in [1.29, 1.82) is 0 Å². The third-order valence-electron chi connectivity index (χ3n) is 6.29. The number of carbonyl (C=O) groups excluding carboxylic acids is 1. The number of piperidine rings is 1. The number of benzene rings is 1. The molecule has 144 valence electrons. The fourth-order valence-electron chi connectivity index (χ4n) is 4.75. The minimum absolute atomic E-state index is 0.246. The molecule has 0 bridgehead atoms. The van der Waals surface area contributed by atoms with Gasteiger partial charge in [-0.15, -0.1) is 0 Å². The summed E-state index contributed by atoms with van der Waals surface area (Å²) in [6.45, 7) is 6.50. The largest absolute Gasteiger partial charge is 0.312 e. The molecule has 1 aromatic rings. The molecule has 1 saturated heterocycles. The molecule has 0 unspecified atom stereocenters. The van der Waals surface area contributed by atoms with E-state index in [4.69, 9.17) is 0 Å². The van der Waals surface area contributed by atoms with Gasteiger partial charge >= 0.3 is 0 Å². The first-order valence-corrected chi connectivity index (χ1v) is 10.8. The highest BCUT2D eigenvalue weighted by molar-refractivity contribution is 5.93. The van der Waals surface area contributed by atoms with E-state index in [-0.39, 0.29) is 5.91 Å². The summed E-state index contributed by atoms with van der Waals surface area (Å²) >= 11 is 0. The second-order valence-electron chi connectivity index (χ2n) is 8.30. The van der Waals surface area contributed by atoms with Crippen molar-refractivity contribution in [1.82, 2.24) is 4.90 Å². The molecule has 1 aliphatic heterocycles. The van der Waals surface area contributed by atoms with Crippen LogP contribution in [0.15, 0.2) is 30.3 Å². The molecule has 3 nitrogen and oxygen atoms in total. The smallest absolute Gasteiger partial charge is 0.226 e. The Morgan fingerprint density at radius 2 is 1.77 bits per heavy atom. The average Bonchev–Trinajstić information content (AvgIpc) is 2.72. The van der Waals surface area contributed by atoms with E-state index in [0.717, 1.165) is 24.7 Å². The van der Waals surface area contributed by atoms with Gasteiger partial charge < -0.3 is 9.80 Å². The van der Waals surface area contributed by atoms with Crippen LogP contribution in [-0.4, -0.2) is 37.0 Å². The van der Waals surface area contributed by atoms with Crippen LogP contribution in [0.25, 0.3) is 0 Å². The summed E-state index contributed by atoms with van der Waals surface area (Å²) in [7, 11) is 0. The Morgan fingerprint density at radius 3 is 2.50 bits per heavy atom. The molecule has 0 radical (unpaired) electrons. The van der Waals surface area contributed by atoms with Gasteiger partial charge in [0.2, 0.25) is 5.91 Å². The van der Waals surface area contributed by atoms with Crippen molar-refractivity contribution in [3.8, 4) is 0 Å². The van der Waals surface area contributed by atoms with E-state index in [9.17, 15) is 4.79 Å². The van der Waals surface area contributed by atoms with Crippen LogP contribution in [0.2, 0.25) is 0 Å². The molecule has 0 spiro atoms. The Hall–Kier alpha value is -1.35. The number of anilines is 1. The summed E-state index contributed by atoms with van der Waals surface area (Å²) in [6, 6.07) is 10.2. The van der Waals surface area contributed by atoms with Crippen molar-refractivity contribution in [2.24, 2.45) is 11.8 Å². The SMILES string of the molecule is CCC(=O)N(C[C@@H]1CCCN(CCC2CCCCC2)C1)c1ccccc1. The van der Waals surface area contributed by atoms with Crippen LogP contribution < -0.4 is 4.90 Å². The number of amides is 1. The van der Waals surface area contributed by atoms with Gasteiger partial charge in [0, 0.05) is 25.2 Å². The predicted molar refractivity (Wildman–Crippen MR) is 109 cm³/mol.